The number of furan rings is 1. The Morgan fingerprint density at radius 3 is 2.36 bits per heavy atom. The molecule has 0 aliphatic rings. The minimum atomic E-state index is -0.530. The maximum absolute atomic E-state index is 11.8. The lowest BCUT2D eigenvalue weighted by molar-refractivity contribution is -0.139. The van der Waals surface area contributed by atoms with E-state index in [2.05, 4.69) is 15.4 Å². The largest absolute Gasteiger partial charge is 0.472 e. The van der Waals surface area contributed by atoms with Crippen LogP contribution in [0, 0.1) is 0 Å². The number of hydrogen-bond donors (Lipinski definition) is 2. The summed E-state index contributed by atoms with van der Waals surface area (Å²) >= 11 is 0. The molecule has 1 heterocycles. The van der Waals surface area contributed by atoms with Gasteiger partial charge in [-0.15, -0.1) is 0 Å². The van der Waals surface area contributed by atoms with E-state index >= 15 is 0 Å². The highest BCUT2D eigenvalue weighted by molar-refractivity contribution is 6.04. The Labute approximate surface area is 126 Å². The molecule has 0 aliphatic carbocycles. The Kier molecular flexibility index (Phi) is 4.92. The second-order valence-corrected chi connectivity index (χ2v) is 4.30. The van der Waals surface area contributed by atoms with Crippen molar-refractivity contribution in [3.63, 3.8) is 0 Å². The molecule has 1 aromatic carbocycles. The Morgan fingerprint density at radius 2 is 1.77 bits per heavy atom. The highest BCUT2D eigenvalue weighted by Gasteiger charge is 2.10. The Hall–Kier alpha value is -3.09. The summed E-state index contributed by atoms with van der Waals surface area (Å²) in [7, 11) is 1.24. The average molecular weight is 302 g/mol. The number of hydrogen-bond acceptors (Lipinski definition) is 5. The fourth-order valence-electron chi connectivity index (χ4n) is 1.63. The third-order valence-corrected chi connectivity index (χ3v) is 2.81. The van der Waals surface area contributed by atoms with Crippen LogP contribution >= 0.6 is 0 Å². The van der Waals surface area contributed by atoms with Crippen molar-refractivity contribution in [2.75, 3.05) is 19.0 Å². The zero-order chi connectivity index (χ0) is 15.9. The highest BCUT2D eigenvalue weighted by Crippen LogP contribution is 2.11. The first kappa shape index (κ1) is 15.3. The van der Waals surface area contributed by atoms with Crippen LogP contribution in [-0.4, -0.2) is 31.4 Å². The van der Waals surface area contributed by atoms with Crippen LogP contribution in [0.3, 0.4) is 0 Å². The van der Waals surface area contributed by atoms with Gasteiger partial charge in [-0.1, -0.05) is 0 Å². The number of carbonyl (C=O) groups excluding carboxylic acids is 3. The monoisotopic (exact) mass is 302 g/mol. The van der Waals surface area contributed by atoms with Crippen molar-refractivity contribution in [1.82, 2.24) is 5.32 Å². The van der Waals surface area contributed by atoms with Gasteiger partial charge >= 0.3 is 5.97 Å². The number of amides is 2. The van der Waals surface area contributed by atoms with Crippen molar-refractivity contribution < 1.29 is 23.5 Å². The summed E-state index contributed by atoms with van der Waals surface area (Å²) in [5.74, 6) is -1.24. The van der Waals surface area contributed by atoms with Crippen molar-refractivity contribution in [3.05, 3.63) is 54.0 Å². The summed E-state index contributed by atoms with van der Waals surface area (Å²) in [5, 5.41) is 5.08. The van der Waals surface area contributed by atoms with Crippen LogP contribution in [0.4, 0.5) is 5.69 Å². The zero-order valence-corrected chi connectivity index (χ0v) is 11.8. The summed E-state index contributed by atoms with van der Waals surface area (Å²) in [6.45, 7) is -0.200. The van der Waals surface area contributed by atoms with Gasteiger partial charge in [0.15, 0.2) is 0 Å². The molecule has 0 unspecified atom stereocenters. The van der Waals surface area contributed by atoms with Crippen molar-refractivity contribution in [2.45, 2.75) is 0 Å². The van der Waals surface area contributed by atoms with Crippen LogP contribution in [0.2, 0.25) is 0 Å². The van der Waals surface area contributed by atoms with E-state index in [1.165, 1.54) is 31.8 Å². The van der Waals surface area contributed by atoms with Crippen LogP contribution in [-0.2, 0) is 9.53 Å². The molecule has 0 fully saturated rings. The summed E-state index contributed by atoms with van der Waals surface area (Å²) in [6, 6.07) is 7.80. The van der Waals surface area contributed by atoms with Gasteiger partial charge in [-0.25, -0.2) is 0 Å². The van der Waals surface area contributed by atoms with Gasteiger partial charge in [0.25, 0.3) is 11.8 Å². The zero-order valence-electron chi connectivity index (χ0n) is 11.8. The van der Waals surface area contributed by atoms with Crippen molar-refractivity contribution >= 4 is 23.5 Å². The molecule has 1 aromatic heterocycles. The maximum atomic E-state index is 11.8. The normalized spacial score (nSPS) is 9.86. The molecule has 0 saturated carbocycles. The Balaban J connectivity index is 1.94. The number of carbonyl (C=O) groups is 3. The minimum Gasteiger partial charge on any atom is -0.472 e. The first-order chi connectivity index (χ1) is 10.6. The van der Waals surface area contributed by atoms with E-state index in [-0.39, 0.29) is 12.5 Å². The fraction of sp³-hybridized carbons (Fsp3) is 0.133. The Bertz CT molecular complexity index is 662. The first-order valence-electron chi connectivity index (χ1n) is 6.39. The lowest BCUT2D eigenvalue weighted by Crippen LogP contribution is -2.30. The van der Waals surface area contributed by atoms with E-state index in [0.29, 0.717) is 16.8 Å². The van der Waals surface area contributed by atoms with Gasteiger partial charge in [0.05, 0.1) is 18.9 Å². The van der Waals surface area contributed by atoms with Gasteiger partial charge in [0.2, 0.25) is 0 Å². The predicted molar refractivity (Wildman–Crippen MR) is 77.5 cm³/mol. The standard InChI is InChI=1S/C15H14N2O5/c1-21-13(18)8-16-14(19)10-2-4-12(5-3-10)17-15(20)11-6-7-22-9-11/h2-7,9H,8H2,1H3,(H,16,19)(H,17,20). The molecule has 0 radical (unpaired) electrons. The number of methoxy groups -OCH3 is 1. The summed E-state index contributed by atoms with van der Waals surface area (Å²) in [6.07, 6.45) is 2.74. The molecule has 0 aliphatic heterocycles. The summed E-state index contributed by atoms with van der Waals surface area (Å²) in [5.41, 5.74) is 1.31. The number of benzene rings is 1. The minimum absolute atomic E-state index is 0.200. The van der Waals surface area contributed by atoms with Crippen LogP contribution in [0.1, 0.15) is 20.7 Å². The molecule has 2 aromatic rings. The van der Waals surface area contributed by atoms with E-state index in [9.17, 15) is 14.4 Å². The van der Waals surface area contributed by atoms with Gasteiger partial charge in [0, 0.05) is 11.3 Å². The number of anilines is 1. The maximum Gasteiger partial charge on any atom is 0.325 e. The molecule has 0 bridgehead atoms. The second kappa shape index (κ2) is 7.07. The molecule has 2 N–H and O–H groups in total. The quantitative estimate of drug-likeness (QED) is 0.814. The van der Waals surface area contributed by atoms with Gasteiger partial charge in [-0.3, -0.25) is 14.4 Å². The predicted octanol–water partition coefficient (Wildman–Crippen LogP) is 1.43. The molecule has 22 heavy (non-hydrogen) atoms. The molecule has 0 atom stereocenters. The fourth-order valence-corrected chi connectivity index (χ4v) is 1.63. The molecular weight excluding hydrogens is 288 g/mol. The molecule has 0 saturated heterocycles. The van der Waals surface area contributed by atoms with E-state index in [0.717, 1.165) is 0 Å². The molecule has 7 nitrogen and oxygen atoms in total. The average Bonchev–Trinajstić information content (AvgIpc) is 3.07. The summed E-state index contributed by atoms with van der Waals surface area (Å²) < 4.78 is 9.25. The van der Waals surface area contributed by atoms with Gasteiger partial charge in [-0.2, -0.15) is 0 Å². The van der Waals surface area contributed by atoms with Gasteiger partial charge in [-0.05, 0) is 30.3 Å². The van der Waals surface area contributed by atoms with Crippen molar-refractivity contribution in [2.24, 2.45) is 0 Å². The number of nitrogens with one attached hydrogen (secondary N) is 2. The lowest BCUT2D eigenvalue weighted by atomic mass is 10.2. The van der Waals surface area contributed by atoms with E-state index < -0.39 is 11.9 Å². The molecule has 7 heteroatoms. The lowest BCUT2D eigenvalue weighted by Gasteiger charge is -2.06. The van der Waals surface area contributed by atoms with Crippen LogP contribution < -0.4 is 10.6 Å². The number of rotatable bonds is 5. The number of esters is 1. The second-order valence-electron chi connectivity index (χ2n) is 4.30. The Morgan fingerprint density at radius 1 is 1.05 bits per heavy atom. The molecule has 2 amide bonds. The molecular formula is C15H14N2O5. The van der Waals surface area contributed by atoms with E-state index in [4.69, 9.17) is 4.42 Å². The third-order valence-electron chi connectivity index (χ3n) is 2.81. The third kappa shape index (κ3) is 3.95. The van der Waals surface area contributed by atoms with Crippen molar-refractivity contribution in [1.29, 1.82) is 0 Å². The van der Waals surface area contributed by atoms with E-state index in [1.807, 2.05) is 0 Å². The van der Waals surface area contributed by atoms with Crippen LogP contribution in [0.15, 0.2) is 47.3 Å². The van der Waals surface area contributed by atoms with Crippen molar-refractivity contribution in [3.8, 4) is 0 Å². The smallest absolute Gasteiger partial charge is 0.325 e. The van der Waals surface area contributed by atoms with E-state index in [1.54, 1.807) is 18.2 Å². The SMILES string of the molecule is COC(=O)CNC(=O)c1ccc(NC(=O)c2ccoc2)cc1. The molecule has 2 rings (SSSR count). The van der Waals surface area contributed by atoms with Gasteiger partial charge in [0.1, 0.15) is 12.8 Å². The van der Waals surface area contributed by atoms with Gasteiger partial charge < -0.3 is 19.8 Å². The topological polar surface area (TPSA) is 97.6 Å². The summed E-state index contributed by atoms with van der Waals surface area (Å²) in [4.78, 5) is 34.5. The molecule has 114 valence electrons. The number of ether oxygens (including phenoxy) is 1. The van der Waals surface area contributed by atoms with Crippen LogP contribution in [0.25, 0.3) is 0 Å². The van der Waals surface area contributed by atoms with Crippen LogP contribution in [0.5, 0.6) is 0 Å². The molecule has 0 spiro atoms. The first-order valence-corrected chi connectivity index (χ1v) is 6.39. The highest BCUT2D eigenvalue weighted by atomic mass is 16.5.